The van der Waals surface area contributed by atoms with Gasteiger partial charge in [-0.1, -0.05) is 6.07 Å². The molecule has 0 aliphatic carbocycles. The van der Waals surface area contributed by atoms with Crippen molar-refractivity contribution in [1.29, 1.82) is 0 Å². The number of rotatable bonds is 7. The van der Waals surface area contributed by atoms with Gasteiger partial charge in [-0.25, -0.2) is 0 Å². The van der Waals surface area contributed by atoms with Crippen LogP contribution in [-0.4, -0.2) is 57.6 Å². The predicted molar refractivity (Wildman–Crippen MR) is 100 cm³/mol. The van der Waals surface area contributed by atoms with Crippen LogP contribution >= 0.6 is 11.3 Å². The maximum Gasteiger partial charge on any atom is 0.246 e. The van der Waals surface area contributed by atoms with Crippen molar-refractivity contribution in [3.8, 4) is 17.1 Å². The van der Waals surface area contributed by atoms with Crippen molar-refractivity contribution >= 4 is 28.8 Å². The van der Waals surface area contributed by atoms with Crippen molar-refractivity contribution in [3.05, 3.63) is 41.1 Å². The van der Waals surface area contributed by atoms with Crippen molar-refractivity contribution in [2.75, 3.05) is 26.0 Å². The van der Waals surface area contributed by atoms with Gasteiger partial charge in [0.1, 0.15) is 12.3 Å². The molecule has 140 valence electrons. The molecular weight excluding hydrogens is 368 g/mol. The van der Waals surface area contributed by atoms with Crippen LogP contribution in [-0.2, 0) is 16.1 Å². The van der Waals surface area contributed by atoms with Crippen LogP contribution in [0.4, 0.5) is 5.69 Å². The summed E-state index contributed by atoms with van der Waals surface area (Å²) < 4.78 is 5.11. The normalized spacial score (nSPS) is 10.4. The van der Waals surface area contributed by atoms with Gasteiger partial charge in [0, 0.05) is 29.7 Å². The van der Waals surface area contributed by atoms with Crippen LogP contribution in [0, 0.1) is 0 Å². The first kappa shape index (κ1) is 18.5. The molecule has 1 aromatic carbocycles. The van der Waals surface area contributed by atoms with Crippen LogP contribution in [0.1, 0.15) is 0 Å². The summed E-state index contributed by atoms with van der Waals surface area (Å²) in [7, 11) is 3.10. The molecule has 0 bridgehead atoms. The van der Waals surface area contributed by atoms with E-state index in [0.29, 0.717) is 17.3 Å². The number of ether oxygens (including phenoxy) is 1. The highest BCUT2D eigenvalue weighted by atomic mass is 32.1. The van der Waals surface area contributed by atoms with E-state index in [1.807, 2.05) is 16.8 Å². The molecule has 2 aromatic heterocycles. The summed E-state index contributed by atoms with van der Waals surface area (Å²) in [5, 5.41) is 18.5. The van der Waals surface area contributed by atoms with Gasteiger partial charge < -0.3 is 15.0 Å². The fraction of sp³-hybridized carbons (Fsp3) is 0.235. The summed E-state index contributed by atoms with van der Waals surface area (Å²) in [6, 6.07) is 8.87. The van der Waals surface area contributed by atoms with Gasteiger partial charge in [-0.05, 0) is 28.8 Å². The lowest BCUT2D eigenvalue weighted by Crippen LogP contribution is -2.37. The van der Waals surface area contributed by atoms with Crippen LogP contribution in [0.2, 0.25) is 0 Å². The average molecular weight is 386 g/mol. The van der Waals surface area contributed by atoms with Crippen LogP contribution in [0.5, 0.6) is 5.75 Å². The molecule has 0 atom stereocenters. The number of likely N-dealkylation sites (N-methyl/N-ethyl adjacent to an activating group) is 1. The number of methoxy groups -OCH3 is 1. The molecule has 3 rings (SSSR count). The van der Waals surface area contributed by atoms with Crippen molar-refractivity contribution in [2.45, 2.75) is 6.54 Å². The van der Waals surface area contributed by atoms with E-state index < -0.39 is 0 Å². The number of aromatic nitrogens is 4. The molecule has 1 N–H and O–H groups in total. The Bertz CT molecular complexity index is 924. The average Bonchev–Trinajstić information content (AvgIpc) is 3.33. The van der Waals surface area contributed by atoms with Gasteiger partial charge >= 0.3 is 0 Å². The molecule has 0 aliphatic rings. The molecular formula is C17H18N6O3S. The third-order valence-electron chi connectivity index (χ3n) is 3.67. The molecule has 0 aliphatic heterocycles. The Kier molecular flexibility index (Phi) is 5.77. The summed E-state index contributed by atoms with van der Waals surface area (Å²) in [5.74, 6) is 0.480. The van der Waals surface area contributed by atoms with Crippen molar-refractivity contribution in [3.63, 3.8) is 0 Å². The minimum Gasteiger partial charge on any atom is -0.497 e. The number of nitrogens with zero attached hydrogens (tertiary/aromatic N) is 5. The zero-order valence-corrected chi connectivity index (χ0v) is 15.6. The Hall–Kier alpha value is -3.27. The third-order valence-corrected chi connectivity index (χ3v) is 4.35. The molecule has 0 fully saturated rings. The maximum absolute atomic E-state index is 12.3. The van der Waals surface area contributed by atoms with Crippen molar-refractivity contribution < 1.29 is 14.3 Å². The fourth-order valence-electron chi connectivity index (χ4n) is 2.26. The number of hydrogen-bond donors (Lipinski definition) is 1. The van der Waals surface area contributed by atoms with E-state index in [1.54, 1.807) is 38.4 Å². The quantitative estimate of drug-likeness (QED) is 0.660. The summed E-state index contributed by atoms with van der Waals surface area (Å²) in [6.07, 6.45) is 0. The highest BCUT2D eigenvalue weighted by Gasteiger charge is 2.16. The number of carbonyl (C=O) groups is 2. The number of benzene rings is 1. The second-order valence-electron chi connectivity index (χ2n) is 5.69. The summed E-state index contributed by atoms with van der Waals surface area (Å²) in [5.41, 5.74) is 1.45. The second-order valence-corrected chi connectivity index (χ2v) is 6.47. The summed E-state index contributed by atoms with van der Waals surface area (Å²) in [6.45, 7) is -0.192. The molecule has 3 aromatic rings. The lowest BCUT2D eigenvalue weighted by molar-refractivity contribution is -0.134. The van der Waals surface area contributed by atoms with Gasteiger partial charge in [0.05, 0.1) is 13.7 Å². The molecule has 27 heavy (non-hydrogen) atoms. The minimum atomic E-state index is -0.315. The molecule has 0 saturated heterocycles. The smallest absolute Gasteiger partial charge is 0.246 e. The molecule has 0 radical (unpaired) electrons. The number of carbonyl (C=O) groups excluding carboxylic acids is 2. The monoisotopic (exact) mass is 386 g/mol. The molecule has 0 saturated carbocycles. The number of hydrogen-bond acceptors (Lipinski definition) is 7. The highest BCUT2D eigenvalue weighted by Crippen LogP contribution is 2.17. The lowest BCUT2D eigenvalue weighted by atomic mass is 10.3. The number of nitrogens with one attached hydrogen (secondary N) is 1. The van der Waals surface area contributed by atoms with E-state index in [0.717, 1.165) is 5.56 Å². The molecule has 10 heteroatoms. The fourth-order valence-corrected chi connectivity index (χ4v) is 2.90. The zero-order valence-electron chi connectivity index (χ0n) is 14.8. The molecule has 2 heterocycles. The first-order valence-corrected chi connectivity index (χ1v) is 8.97. The predicted octanol–water partition coefficient (Wildman–Crippen LogP) is 1.51. The van der Waals surface area contributed by atoms with E-state index in [-0.39, 0.29) is 24.9 Å². The first-order valence-electron chi connectivity index (χ1n) is 8.03. The first-order chi connectivity index (χ1) is 13.0. The van der Waals surface area contributed by atoms with Gasteiger partial charge in [0.25, 0.3) is 0 Å². The Balaban J connectivity index is 1.53. The number of anilines is 1. The molecule has 2 amide bonds. The van der Waals surface area contributed by atoms with Crippen LogP contribution in [0.15, 0.2) is 41.1 Å². The van der Waals surface area contributed by atoms with Crippen LogP contribution < -0.4 is 10.1 Å². The zero-order chi connectivity index (χ0) is 19.2. The molecule has 0 unspecified atom stereocenters. The van der Waals surface area contributed by atoms with E-state index in [4.69, 9.17) is 4.74 Å². The van der Waals surface area contributed by atoms with Crippen LogP contribution in [0.3, 0.4) is 0 Å². The Morgan fingerprint density at radius 1 is 1.33 bits per heavy atom. The standard InChI is InChI=1S/C17H18N6O3S/c1-22(9-15(24)18-13-4-3-5-14(8-13)26-2)16(25)10-23-20-17(19-21-23)12-6-7-27-11-12/h3-8,11H,9-10H2,1-2H3,(H,18,24). The third kappa shape index (κ3) is 4.88. The maximum atomic E-state index is 12.3. The number of tetrazole rings is 1. The van der Waals surface area contributed by atoms with Gasteiger partial charge in [-0.3, -0.25) is 9.59 Å². The van der Waals surface area contributed by atoms with Gasteiger partial charge in [0.15, 0.2) is 0 Å². The van der Waals surface area contributed by atoms with E-state index in [2.05, 4.69) is 20.7 Å². The highest BCUT2D eigenvalue weighted by molar-refractivity contribution is 7.08. The van der Waals surface area contributed by atoms with Gasteiger partial charge in [-0.15, -0.1) is 10.2 Å². The Morgan fingerprint density at radius 2 is 2.19 bits per heavy atom. The van der Waals surface area contributed by atoms with Gasteiger partial charge in [-0.2, -0.15) is 16.1 Å². The number of amides is 2. The second kappa shape index (κ2) is 8.41. The minimum absolute atomic E-state index is 0.0951. The largest absolute Gasteiger partial charge is 0.497 e. The van der Waals surface area contributed by atoms with Crippen LogP contribution in [0.25, 0.3) is 11.4 Å². The number of thiophene rings is 1. The lowest BCUT2D eigenvalue weighted by Gasteiger charge is -2.16. The molecule has 9 nitrogen and oxygen atoms in total. The van der Waals surface area contributed by atoms with Crippen molar-refractivity contribution in [2.24, 2.45) is 0 Å². The summed E-state index contributed by atoms with van der Waals surface area (Å²) >= 11 is 1.53. The molecule has 0 spiro atoms. The topological polar surface area (TPSA) is 102 Å². The van der Waals surface area contributed by atoms with E-state index >= 15 is 0 Å². The van der Waals surface area contributed by atoms with Gasteiger partial charge in [0.2, 0.25) is 17.6 Å². The summed E-state index contributed by atoms with van der Waals surface area (Å²) in [4.78, 5) is 27.0. The Morgan fingerprint density at radius 3 is 2.93 bits per heavy atom. The van der Waals surface area contributed by atoms with E-state index in [9.17, 15) is 9.59 Å². The van der Waals surface area contributed by atoms with E-state index in [1.165, 1.54) is 21.0 Å². The SMILES string of the molecule is COc1cccc(NC(=O)CN(C)C(=O)Cn2nnc(-c3ccsc3)n2)c1. The Labute approximate surface area is 159 Å². The van der Waals surface area contributed by atoms with Crippen molar-refractivity contribution in [1.82, 2.24) is 25.1 Å².